The van der Waals surface area contributed by atoms with Crippen molar-refractivity contribution in [2.45, 2.75) is 161 Å². The third kappa shape index (κ3) is 15.3. The molecule has 0 spiro atoms. The van der Waals surface area contributed by atoms with Crippen LogP contribution in [0.25, 0.3) is 0 Å². The number of benzene rings is 3. The average Bonchev–Trinajstić information content (AvgIpc) is 3.35. The first kappa shape index (κ1) is 52.9. The fourth-order valence-electron chi connectivity index (χ4n) is 10.7. The summed E-state index contributed by atoms with van der Waals surface area (Å²) in [7, 11) is 0. The topological polar surface area (TPSA) is 105 Å². The minimum absolute atomic E-state index is 0.178. The molecule has 3 fully saturated rings. The van der Waals surface area contributed by atoms with Gasteiger partial charge < -0.3 is 18.9 Å². The molecule has 3 aromatic rings. The highest BCUT2D eigenvalue weighted by Gasteiger charge is 2.41. The molecular weight excluding hydrogens is 873 g/mol. The van der Waals surface area contributed by atoms with Gasteiger partial charge in [-0.15, -0.1) is 12.8 Å². The Morgan fingerprint density at radius 3 is 1.77 bits per heavy atom. The average molecular weight is 943 g/mol. The lowest BCUT2D eigenvalue weighted by molar-refractivity contribution is -0.172. The predicted octanol–water partition coefficient (Wildman–Crippen LogP) is 12.5. The van der Waals surface area contributed by atoms with Gasteiger partial charge in [0, 0.05) is 34.8 Å². The van der Waals surface area contributed by atoms with Crippen LogP contribution < -0.4 is 4.74 Å². The van der Waals surface area contributed by atoms with Crippen molar-refractivity contribution < 1.29 is 38.1 Å². The molecule has 3 aliphatic carbocycles. The fourth-order valence-corrected chi connectivity index (χ4v) is 10.7. The summed E-state index contributed by atoms with van der Waals surface area (Å²) in [6.07, 6.45) is 28.1. The zero-order valence-electron chi connectivity index (χ0n) is 42.0. The van der Waals surface area contributed by atoms with E-state index in [1.807, 2.05) is 48.5 Å². The second-order valence-electron chi connectivity index (χ2n) is 20.9. The van der Waals surface area contributed by atoms with E-state index in [-0.39, 0.29) is 35.2 Å². The molecule has 0 heterocycles. The summed E-state index contributed by atoms with van der Waals surface area (Å²) in [5.41, 5.74) is 1.07. The maximum Gasteiger partial charge on any atom is 0.339 e. The number of hydrogen-bond donors (Lipinski definition) is 0. The molecule has 366 valence electrons. The van der Waals surface area contributed by atoms with Gasteiger partial charge in [-0.05, 0) is 182 Å². The van der Waals surface area contributed by atoms with E-state index < -0.39 is 40.6 Å². The Balaban J connectivity index is 1.09. The number of unbranched alkanes of at least 4 members (excludes halogenated alkanes) is 2. The molecule has 0 N–H and O–H groups in total. The van der Waals surface area contributed by atoms with Gasteiger partial charge in [-0.25, -0.2) is 9.59 Å². The molecule has 3 saturated carbocycles. The molecule has 0 saturated heterocycles. The summed E-state index contributed by atoms with van der Waals surface area (Å²) in [6.45, 7) is 12.8. The van der Waals surface area contributed by atoms with Crippen molar-refractivity contribution in [2.24, 2.45) is 29.6 Å². The number of terminal acetylenes is 2. The molecule has 0 atom stereocenters. The Morgan fingerprint density at radius 2 is 1.21 bits per heavy atom. The van der Waals surface area contributed by atoms with E-state index in [2.05, 4.69) is 49.0 Å². The lowest BCUT2D eigenvalue weighted by Crippen LogP contribution is -2.41. The first-order chi connectivity index (χ1) is 33.5. The molecule has 0 radical (unpaired) electrons. The number of esters is 4. The normalized spacial score (nSPS) is 22.2. The lowest BCUT2D eigenvalue weighted by Gasteiger charge is -2.41. The van der Waals surface area contributed by atoms with Gasteiger partial charge in [0.25, 0.3) is 0 Å². The number of carbonyl (C=O) groups excluding carboxylic acids is 4. The highest BCUT2D eigenvalue weighted by Crippen LogP contribution is 2.45. The van der Waals surface area contributed by atoms with Crippen LogP contribution in [0.5, 0.6) is 5.75 Å². The van der Waals surface area contributed by atoms with Crippen molar-refractivity contribution in [3.05, 3.63) is 113 Å². The van der Waals surface area contributed by atoms with Crippen LogP contribution in [0.3, 0.4) is 0 Å². The summed E-state index contributed by atoms with van der Waals surface area (Å²) < 4.78 is 23.6. The second kappa shape index (κ2) is 24.4. The van der Waals surface area contributed by atoms with Crippen molar-refractivity contribution in [3.8, 4) is 54.1 Å². The van der Waals surface area contributed by atoms with Crippen LogP contribution in [0.1, 0.15) is 182 Å². The molecule has 0 amide bonds. The molecule has 3 aliphatic rings. The molecule has 70 heavy (non-hydrogen) atoms. The van der Waals surface area contributed by atoms with Crippen LogP contribution in [0.4, 0.5) is 0 Å². The van der Waals surface area contributed by atoms with E-state index in [1.54, 1.807) is 39.8 Å². The van der Waals surface area contributed by atoms with Gasteiger partial charge in [-0.2, -0.15) is 0 Å². The molecule has 8 nitrogen and oxygen atoms in total. The van der Waals surface area contributed by atoms with E-state index in [9.17, 15) is 19.2 Å². The summed E-state index contributed by atoms with van der Waals surface area (Å²) in [5.74, 6) is 18.0. The molecule has 8 heteroatoms. The van der Waals surface area contributed by atoms with E-state index in [0.717, 1.165) is 47.1 Å². The molecule has 6 rings (SSSR count). The van der Waals surface area contributed by atoms with Gasteiger partial charge in [-0.1, -0.05) is 81.6 Å². The highest BCUT2D eigenvalue weighted by atomic mass is 16.6. The highest BCUT2D eigenvalue weighted by molar-refractivity contribution is 5.91. The van der Waals surface area contributed by atoms with Crippen LogP contribution >= 0.6 is 0 Å². The molecule has 0 unspecified atom stereocenters. The van der Waals surface area contributed by atoms with Gasteiger partial charge >= 0.3 is 23.9 Å². The van der Waals surface area contributed by atoms with Gasteiger partial charge in [0.2, 0.25) is 0 Å². The third-order valence-electron chi connectivity index (χ3n) is 14.4. The maximum atomic E-state index is 14.1. The molecule has 0 bridgehead atoms. The molecule has 0 aromatic heterocycles. The van der Waals surface area contributed by atoms with Crippen LogP contribution in [-0.2, 0) is 28.6 Å². The Labute approximate surface area is 417 Å². The minimum atomic E-state index is -0.993. The zero-order valence-corrected chi connectivity index (χ0v) is 42.0. The van der Waals surface area contributed by atoms with Gasteiger partial charge in [0.15, 0.2) is 5.60 Å². The Kier molecular flexibility index (Phi) is 18.4. The monoisotopic (exact) mass is 943 g/mol. The maximum absolute atomic E-state index is 14.1. The largest absolute Gasteiger partial charge is 0.459 e. The second-order valence-corrected chi connectivity index (χ2v) is 20.9. The van der Waals surface area contributed by atoms with Crippen LogP contribution in [0, 0.1) is 78.0 Å². The molecule has 3 aromatic carbocycles. The van der Waals surface area contributed by atoms with E-state index in [0.29, 0.717) is 50.4 Å². The standard InChI is InChI=1S/C62H70O8/c1-9-13-14-15-45-26-28-50(29-27-45)51-37-40-62(41-38-51,39-36-48-24-22-47(23-25-48)21-20-46-18-16-44(10-2)17-19-46)70-59(66)54-34-35-55(49(11-3)42-54)67-57(64)52-30-32-53(33-31-52)58(65)69-61(7,8)43-60(5,6)68-56(63)12-4/h2-3,12,16-19,22-25,34-35,42,45,50-53H,4,9,13-15,26-33,37-38,40-41,43H2,1,5-8H3. The van der Waals surface area contributed by atoms with E-state index in [4.69, 9.17) is 31.8 Å². The van der Waals surface area contributed by atoms with Crippen LogP contribution in [0.15, 0.2) is 79.4 Å². The summed E-state index contributed by atoms with van der Waals surface area (Å²) in [4.78, 5) is 52.6. The summed E-state index contributed by atoms with van der Waals surface area (Å²) in [5, 5.41) is 0. The number of hydrogen-bond acceptors (Lipinski definition) is 8. The van der Waals surface area contributed by atoms with Crippen LogP contribution in [0.2, 0.25) is 0 Å². The van der Waals surface area contributed by atoms with Crippen molar-refractivity contribution in [1.82, 2.24) is 0 Å². The van der Waals surface area contributed by atoms with Crippen molar-refractivity contribution >= 4 is 23.9 Å². The van der Waals surface area contributed by atoms with Gasteiger partial charge in [-0.3, -0.25) is 9.59 Å². The van der Waals surface area contributed by atoms with Gasteiger partial charge in [0.05, 0.1) is 23.0 Å². The first-order valence-corrected chi connectivity index (χ1v) is 25.4. The number of carbonyl (C=O) groups is 4. The Morgan fingerprint density at radius 1 is 0.671 bits per heavy atom. The first-order valence-electron chi connectivity index (χ1n) is 25.4. The predicted molar refractivity (Wildman–Crippen MR) is 274 cm³/mol. The summed E-state index contributed by atoms with van der Waals surface area (Å²) >= 11 is 0. The zero-order chi connectivity index (χ0) is 50.3. The van der Waals surface area contributed by atoms with Crippen LogP contribution in [-0.4, -0.2) is 40.7 Å². The fraction of sp³-hybridized carbons (Fsp3) is 0.484. The van der Waals surface area contributed by atoms with E-state index >= 15 is 0 Å². The SMILES string of the molecule is C#Cc1ccc(C#Cc2ccc(C#CC3(OC(=O)c4ccc(OC(=O)C5CCC(C(=O)OC(C)(C)CC(C)(C)OC(=O)C=C)CC5)c(C#C)c4)CCC(C4CCC(CCCCC)CC4)CC3)cc2)cc1. The minimum Gasteiger partial charge on any atom is -0.459 e. The quantitative estimate of drug-likeness (QED) is 0.0370. The molecular formula is C62H70O8. The van der Waals surface area contributed by atoms with Crippen molar-refractivity contribution in [3.63, 3.8) is 0 Å². The van der Waals surface area contributed by atoms with Crippen molar-refractivity contribution in [1.29, 1.82) is 0 Å². The smallest absolute Gasteiger partial charge is 0.339 e. The summed E-state index contributed by atoms with van der Waals surface area (Å²) in [6, 6.07) is 20.0. The Hall–Kier alpha value is -6.48. The van der Waals surface area contributed by atoms with Gasteiger partial charge in [0.1, 0.15) is 17.0 Å². The van der Waals surface area contributed by atoms with E-state index in [1.165, 1.54) is 57.4 Å². The lowest BCUT2D eigenvalue weighted by atomic mass is 9.67. The number of rotatable bonds is 15. The molecule has 0 aliphatic heterocycles. The Bertz CT molecular complexity index is 2540. The van der Waals surface area contributed by atoms with Crippen molar-refractivity contribution in [2.75, 3.05) is 0 Å². The third-order valence-corrected chi connectivity index (χ3v) is 14.4. The number of ether oxygens (including phenoxy) is 4.